The van der Waals surface area contributed by atoms with Gasteiger partial charge in [0.2, 0.25) is 5.91 Å². The largest absolute Gasteiger partial charge is 0.435 e. The normalized spacial score (nSPS) is 12.6. The van der Waals surface area contributed by atoms with Gasteiger partial charge in [0.05, 0.1) is 6.04 Å². The molecular weight excluding hydrogens is 254 g/mol. The van der Waals surface area contributed by atoms with Gasteiger partial charge in [-0.15, -0.1) is 0 Å². The van der Waals surface area contributed by atoms with Gasteiger partial charge in [-0.25, -0.2) is 0 Å². The van der Waals surface area contributed by atoms with Crippen molar-refractivity contribution < 1.29 is 18.3 Å². The summed E-state index contributed by atoms with van der Waals surface area (Å²) in [6.07, 6.45) is 0. The lowest BCUT2D eigenvalue weighted by molar-refractivity contribution is -0.125. The van der Waals surface area contributed by atoms with Gasteiger partial charge in [-0.3, -0.25) is 9.69 Å². The first-order valence-electron chi connectivity index (χ1n) is 5.89. The monoisotopic (exact) mass is 272 g/mol. The molecule has 0 unspecified atom stereocenters. The number of carbonyl (C=O) groups excluding carboxylic acids is 1. The molecule has 0 radical (unpaired) electrons. The van der Waals surface area contributed by atoms with Crippen LogP contribution >= 0.6 is 0 Å². The fourth-order valence-corrected chi connectivity index (χ4v) is 1.61. The van der Waals surface area contributed by atoms with Crippen molar-refractivity contribution in [1.29, 1.82) is 0 Å². The molecule has 1 N–H and O–H groups in total. The molecule has 0 saturated carbocycles. The second-order valence-corrected chi connectivity index (χ2v) is 4.23. The first-order chi connectivity index (χ1) is 8.93. The summed E-state index contributed by atoms with van der Waals surface area (Å²) in [5.41, 5.74) is 0.917. The highest BCUT2D eigenvalue weighted by atomic mass is 19.3. The Hall–Kier alpha value is -1.69. The number of hydrogen-bond donors (Lipinski definition) is 1. The molecule has 0 heterocycles. The maximum absolute atomic E-state index is 12.0. The van der Waals surface area contributed by atoms with Gasteiger partial charge in [-0.05, 0) is 31.7 Å². The number of nitrogens with one attached hydrogen (secondary N) is 1. The maximum atomic E-state index is 12.0. The number of ether oxygens (including phenoxy) is 1. The number of alkyl halides is 2. The zero-order valence-corrected chi connectivity index (χ0v) is 11.2. The molecule has 4 nitrogen and oxygen atoms in total. The highest BCUT2D eigenvalue weighted by Crippen LogP contribution is 2.16. The van der Waals surface area contributed by atoms with Gasteiger partial charge in [-0.2, -0.15) is 8.78 Å². The molecular formula is C13H18F2N2O2. The summed E-state index contributed by atoms with van der Waals surface area (Å²) in [6.45, 7) is -0.474. The van der Waals surface area contributed by atoms with Crippen LogP contribution in [-0.4, -0.2) is 37.6 Å². The van der Waals surface area contributed by atoms with Gasteiger partial charge < -0.3 is 10.1 Å². The second kappa shape index (κ2) is 7.04. The third-order valence-electron chi connectivity index (χ3n) is 2.87. The third-order valence-corrected chi connectivity index (χ3v) is 2.87. The molecule has 0 saturated heterocycles. The van der Waals surface area contributed by atoms with Crippen LogP contribution in [0.4, 0.5) is 8.78 Å². The van der Waals surface area contributed by atoms with E-state index in [1.54, 1.807) is 26.1 Å². The Morgan fingerprint density at radius 1 is 1.37 bits per heavy atom. The fraction of sp³-hybridized carbons (Fsp3) is 0.462. The minimum Gasteiger partial charge on any atom is -0.435 e. The van der Waals surface area contributed by atoms with Crippen molar-refractivity contribution in [2.24, 2.45) is 0 Å². The molecule has 6 heteroatoms. The van der Waals surface area contributed by atoms with Gasteiger partial charge >= 0.3 is 6.61 Å². The van der Waals surface area contributed by atoms with E-state index in [2.05, 4.69) is 10.1 Å². The van der Waals surface area contributed by atoms with Crippen LogP contribution in [0.3, 0.4) is 0 Å². The van der Waals surface area contributed by atoms with E-state index in [-0.39, 0.29) is 17.7 Å². The molecule has 1 aromatic carbocycles. The van der Waals surface area contributed by atoms with Gasteiger partial charge in [0.1, 0.15) is 5.75 Å². The second-order valence-electron chi connectivity index (χ2n) is 4.23. The molecule has 1 atom stereocenters. The lowest BCUT2D eigenvalue weighted by atomic mass is 10.2. The van der Waals surface area contributed by atoms with E-state index in [0.717, 1.165) is 5.56 Å². The average Bonchev–Trinajstić information content (AvgIpc) is 2.38. The van der Waals surface area contributed by atoms with E-state index in [1.807, 2.05) is 11.9 Å². The van der Waals surface area contributed by atoms with Crippen LogP contribution in [0, 0.1) is 0 Å². The standard InChI is InChI=1S/C13H18F2N2O2/c1-9(12(18)16-2)17(3)8-10-4-6-11(7-5-10)19-13(14)15/h4-7,9,13H,8H2,1-3H3,(H,16,18)/t9-/m1/s1. The van der Waals surface area contributed by atoms with E-state index in [4.69, 9.17) is 0 Å². The molecule has 106 valence electrons. The zero-order valence-electron chi connectivity index (χ0n) is 11.2. The molecule has 1 amide bonds. The van der Waals surface area contributed by atoms with Crippen molar-refractivity contribution in [3.8, 4) is 5.75 Å². The molecule has 0 bridgehead atoms. The van der Waals surface area contributed by atoms with Crippen LogP contribution in [0.2, 0.25) is 0 Å². The molecule has 0 aliphatic carbocycles. The molecule has 1 rings (SSSR count). The first-order valence-corrected chi connectivity index (χ1v) is 5.89. The lowest BCUT2D eigenvalue weighted by Gasteiger charge is -2.23. The molecule has 19 heavy (non-hydrogen) atoms. The predicted octanol–water partition coefficient (Wildman–Crippen LogP) is 1.85. The van der Waals surface area contributed by atoms with E-state index >= 15 is 0 Å². The van der Waals surface area contributed by atoms with E-state index in [0.29, 0.717) is 6.54 Å². The van der Waals surface area contributed by atoms with Crippen LogP contribution in [0.5, 0.6) is 5.75 Å². The molecule has 0 aromatic heterocycles. The summed E-state index contributed by atoms with van der Waals surface area (Å²) in [6, 6.07) is 6.11. The van der Waals surface area contributed by atoms with Crippen molar-refractivity contribution in [3.05, 3.63) is 29.8 Å². The van der Waals surface area contributed by atoms with E-state index in [1.165, 1.54) is 12.1 Å². The first kappa shape index (κ1) is 15.4. The number of nitrogens with zero attached hydrogens (tertiary/aromatic N) is 1. The van der Waals surface area contributed by atoms with Crippen molar-refractivity contribution in [1.82, 2.24) is 10.2 Å². The maximum Gasteiger partial charge on any atom is 0.387 e. The molecule has 0 aliphatic rings. The van der Waals surface area contributed by atoms with Crippen molar-refractivity contribution in [2.45, 2.75) is 26.1 Å². The summed E-state index contributed by atoms with van der Waals surface area (Å²) in [5.74, 6) is 0.0564. The average molecular weight is 272 g/mol. The Morgan fingerprint density at radius 3 is 2.42 bits per heavy atom. The summed E-state index contributed by atoms with van der Waals surface area (Å²) >= 11 is 0. The quantitative estimate of drug-likeness (QED) is 0.859. The van der Waals surface area contributed by atoms with Gasteiger partial charge in [0.25, 0.3) is 0 Å². The van der Waals surface area contributed by atoms with Crippen LogP contribution in [0.15, 0.2) is 24.3 Å². The summed E-state index contributed by atoms with van der Waals surface area (Å²) in [5, 5.41) is 2.58. The van der Waals surface area contributed by atoms with Gasteiger partial charge in [0.15, 0.2) is 0 Å². The highest BCUT2D eigenvalue weighted by Gasteiger charge is 2.16. The minimum absolute atomic E-state index is 0.0693. The van der Waals surface area contributed by atoms with Gasteiger partial charge in [0, 0.05) is 13.6 Å². The van der Waals surface area contributed by atoms with E-state index in [9.17, 15) is 13.6 Å². The fourth-order valence-electron chi connectivity index (χ4n) is 1.61. The van der Waals surface area contributed by atoms with Crippen molar-refractivity contribution >= 4 is 5.91 Å². The number of rotatable bonds is 6. The van der Waals surface area contributed by atoms with Crippen LogP contribution in [0.25, 0.3) is 0 Å². The smallest absolute Gasteiger partial charge is 0.387 e. The van der Waals surface area contributed by atoms with E-state index < -0.39 is 6.61 Å². The number of likely N-dealkylation sites (N-methyl/N-ethyl adjacent to an activating group) is 2. The topological polar surface area (TPSA) is 41.6 Å². The Labute approximate surface area is 111 Å². The van der Waals surface area contributed by atoms with Crippen molar-refractivity contribution in [3.63, 3.8) is 0 Å². The number of hydrogen-bond acceptors (Lipinski definition) is 3. The Bertz CT molecular complexity index is 410. The highest BCUT2D eigenvalue weighted by molar-refractivity contribution is 5.80. The Morgan fingerprint density at radius 2 is 1.95 bits per heavy atom. The molecule has 1 aromatic rings. The SMILES string of the molecule is CNC(=O)[C@@H](C)N(C)Cc1ccc(OC(F)F)cc1. The zero-order chi connectivity index (χ0) is 14.4. The van der Waals surface area contributed by atoms with Crippen LogP contribution in [-0.2, 0) is 11.3 Å². The van der Waals surface area contributed by atoms with Crippen LogP contribution in [0.1, 0.15) is 12.5 Å². The Balaban J connectivity index is 2.60. The molecule has 0 fully saturated rings. The number of amides is 1. The number of carbonyl (C=O) groups is 1. The van der Waals surface area contributed by atoms with Crippen LogP contribution < -0.4 is 10.1 Å². The van der Waals surface area contributed by atoms with Gasteiger partial charge in [-0.1, -0.05) is 12.1 Å². The lowest BCUT2D eigenvalue weighted by Crippen LogP contribution is -2.41. The summed E-state index contributed by atoms with van der Waals surface area (Å²) in [7, 11) is 3.41. The minimum atomic E-state index is -2.82. The summed E-state index contributed by atoms with van der Waals surface area (Å²) < 4.78 is 28.2. The molecule has 0 spiro atoms. The summed E-state index contributed by atoms with van der Waals surface area (Å²) in [4.78, 5) is 13.3. The number of benzene rings is 1. The third kappa shape index (κ3) is 4.82. The predicted molar refractivity (Wildman–Crippen MR) is 68.1 cm³/mol. The Kier molecular flexibility index (Phi) is 5.69. The number of halogens is 2. The molecule has 0 aliphatic heterocycles. The van der Waals surface area contributed by atoms with Crippen molar-refractivity contribution in [2.75, 3.05) is 14.1 Å².